The van der Waals surface area contributed by atoms with Crippen molar-refractivity contribution in [1.82, 2.24) is 5.32 Å². The van der Waals surface area contributed by atoms with Gasteiger partial charge in [-0.2, -0.15) is 0 Å². The van der Waals surface area contributed by atoms with Crippen molar-refractivity contribution in [3.05, 3.63) is 40.3 Å². The van der Waals surface area contributed by atoms with E-state index in [4.69, 9.17) is 20.1 Å². The normalized spacial score (nSPS) is 12.7. The van der Waals surface area contributed by atoms with E-state index in [1.54, 1.807) is 38.1 Å². The quantitative estimate of drug-likeness (QED) is 0.281. The van der Waals surface area contributed by atoms with Crippen LogP contribution in [-0.2, 0) is 20.7 Å². The van der Waals surface area contributed by atoms with Gasteiger partial charge in [-0.15, -0.1) is 0 Å². The Morgan fingerprint density at radius 1 is 1.31 bits per heavy atom. The zero-order chi connectivity index (χ0) is 19.5. The van der Waals surface area contributed by atoms with E-state index in [0.717, 1.165) is 5.56 Å². The molecule has 1 aromatic rings. The molecule has 1 aromatic carbocycles. The lowest BCUT2D eigenvalue weighted by atomic mass is 10.0. The lowest BCUT2D eigenvalue weighted by Crippen LogP contribution is -2.47. The summed E-state index contributed by atoms with van der Waals surface area (Å²) >= 11 is 0. The molecule has 0 radical (unpaired) electrons. The summed E-state index contributed by atoms with van der Waals surface area (Å²) in [6.45, 7) is 3.60. The number of azide groups is 1. The maximum atomic E-state index is 12.3. The average molecular weight is 364 g/mol. The van der Waals surface area contributed by atoms with Gasteiger partial charge in [0.25, 0.3) is 0 Å². The third-order valence-corrected chi connectivity index (χ3v) is 3.60. The predicted molar refractivity (Wildman–Crippen MR) is 94.4 cm³/mol. The number of nitrogens with zero attached hydrogens (tertiary/aromatic N) is 3. The number of benzene rings is 1. The van der Waals surface area contributed by atoms with Crippen molar-refractivity contribution in [2.24, 2.45) is 11.0 Å². The Kier molecular flexibility index (Phi) is 8.97. The molecule has 1 amide bonds. The van der Waals surface area contributed by atoms with Crippen LogP contribution >= 0.6 is 0 Å². The third-order valence-electron chi connectivity index (χ3n) is 3.60. The number of hydrogen-bond donors (Lipinski definition) is 2. The number of aliphatic hydroxyl groups is 1. The first-order valence-electron chi connectivity index (χ1n) is 8.18. The molecule has 0 aliphatic rings. The zero-order valence-electron chi connectivity index (χ0n) is 15.1. The number of ether oxygens (including phenoxy) is 2. The van der Waals surface area contributed by atoms with Crippen LogP contribution in [0.1, 0.15) is 19.4 Å². The van der Waals surface area contributed by atoms with Gasteiger partial charge in [0, 0.05) is 11.3 Å². The molecule has 0 aliphatic carbocycles. The standard InChI is InChI=1S/C17H24N4O5/c1-11(2)15(20-21-18)16(23)19-14(17(24)25-3)10-12-4-6-13(7-5-12)26-9-8-22/h4-7,11,14-15,22H,8-10H2,1-3H3,(H,19,23). The molecule has 0 heterocycles. The highest BCUT2D eigenvalue weighted by molar-refractivity contribution is 5.88. The molecular weight excluding hydrogens is 340 g/mol. The summed E-state index contributed by atoms with van der Waals surface area (Å²) in [5.74, 6) is -0.754. The van der Waals surface area contributed by atoms with Gasteiger partial charge in [0.1, 0.15) is 24.4 Å². The first kappa shape index (κ1) is 21.3. The third kappa shape index (κ3) is 6.62. The van der Waals surface area contributed by atoms with Gasteiger partial charge in [0.2, 0.25) is 5.91 Å². The summed E-state index contributed by atoms with van der Waals surface area (Å²) in [5.41, 5.74) is 9.39. The Morgan fingerprint density at radius 3 is 2.46 bits per heavy atom. The van der Waals surface area contributed by atoms with E-state index >= 15 is 0 Å². The molecule has 0 aromatic heterocycles. The number of amides is 1. The molecule has 142 valence electrons. The average Bonchev–Trinajstić information content (AvgIpc) is 2.63. The van der Waals surface area contributed by atoms with Crippen LogP contribution in [0, 0.1) is 5.92 Å². The summed E-state index contributed by atoms with van der Waals surface area (Å²) in [7, 11) is 1.24. The Bertz CT molecular complexity index is 641. The molecule has 0 aliphatic heterocycles. The van der Waals surface area contributed by atoms with Crippen LogP contribution in [0.15, 0.2) is 29.4 Å². The molecule has 2 atom stereocenters. The molecule has 0 saturated carbocycles. The second-order valence-electron chi connectivity index (χ2n) is 5.90. The monoisotopic (exact) mass is 364 g/mol. The number of esters is 1. The molecular formula is C17H24N4O5. The Balaban J connectivity index is 2.85. The molecule has 0 saturated heterocycles. The van der Waals surface area contributed by atoms with Crippen LogP contribution in [-0.4, -0.2) is 49.4 Å². The first-order valence-corrected chi connectivity index (χ1v) is 8.18. The number of hydrogen-bond acceptors (Lipinski definition) is 6. The number of methoxy groups -OCH3 is 1. The van der Waals surface area contributed by atoms with Crippen molar-refractivity contribution in [2.75, 3.05) is 20.3 Å². The van der Waals surface area contributed by atoms with Gasteiger partial charge in [0.05, 0.1) is 13.7 Å². The Hall–Kier alpha value is -2.77. The molecule has 0 fully saturated rings. The van der Waals surface area contributed by atoms with E-state index in [0.29, 0.717) is 5.75 Å². The number of rotatable bonds is 10. The number of carbonyl (C=O) groups excluding carboxylic acids is 2. The minimum absolute atomic E-state index is 0.0829. The van der Waals surface area contributed by atoms with Crippen molar-refractivity contribution < 1.29 is 24.2 Å². The number of carbonyl (C=O) groups is 2. The van der Waals surface area contributed by atoms with Gasteiger partial charge >= 0.3 is 5.97 Å². The fraction of sp³-hybridized carbons (Fsp3) is 0.529. The molecule has 0 bridgehead atoms. The van der Waals surface area contributed by atoms with Crippen molar-refractivity contribution in [1.29, 1.82) is 0 Å². The second kappa shape index (κ2) is 11.0. The van der Waals surface area contributed by atoms with E-state index in [9.17, 15) is 9.59 Å². The maximum absolute atomic E-state index is 12.3. The van der Waals surface area contributed by atoms with Gasteiger partial charge in [-0.05, 0) is 29.1 Å². The highest BCUT2D eigenvalue weighted by Gasteiger charge is 2.27. The fourth-order valence-corrected chi connectivity index (χ4v) is 2.26. The van der Waals surface area contributed by atoms with Crippen LogP contribution in [0.5, 0.6) is 5.75 Å². The lowest BCUT2D eigenvalue weighted by molar-refractivity contribution is -0.145. The minimum Gasteiger partial charge on any atom is -0.491 e. The molecule has 1 rings (SSSR count). The second-order valence-corrected chi connectivity index (χ2v) is 5.90. The van der Waals surface area contributed by atoms with E-state index < -0.39 is 24.0 Å². The maximum Gasteiger partial charge on any atom is 0.328 e. The number of aliphatic hydroxyl groups excluding tert-OH is 1. The van der Waals surface area contributed by atoms with Crippen molar-refractivity contribution in [2.45, 2.75) is 32.4 Å². The molecule has 9 heteroatoms. The molecule has 0 spiro atoms. The lowest BCUT2D eigenvalue weighted by Gasteiger charge is -2.21. The smallest absolute Gasteiger partial charge is 0.328 e. The van der Waals surface area contributed by atoms with E-state index in [1.807, 2.05) is 0 Å². The van der Waals surface area contributed by atoms with Gasteiger partial charge in [-0.25, -0.2) is 4.79 Å². The van der Waals surface area contributed by atoms with E-state index in [-0.39, 0.29) is 25.6 Å². The topological polar surface area (TPSA) is 134 Å². The summed E-state index contributed by atoms with van der Waals surface area (Å²) < 4.78 is 10.0. The highest BCUT2D eigenvalue weighted by Crippen LogP contribution is 2.14. The summed E-state index contributed by atoms with van der Waals surface area (Å²) in [6, 6.07) is 5.09. The van der Waals surface area contributed by atoms with Gasteiger partial charge in [-0.3, -0.25) is 4.79 Å². The Morgan fingerprint density at radius 2 is 1.96 bits per heavy atom. The minimum atomic E-state index is -0.915. The van der Waals surface area contributed by atoms with Crippen LogP contribution in [0.2, 0.25) is 0 Å². The van der Waals surface area contributed by atoms with Crippen LogP contribution in [0.4, 0.5) is 0 Å². The largest absolute Gasteiger partial charge is 0.491 e. The van der Waals surface area contributed by atoms with Crippen molar-refractivity contribution >= 4 is 11.9 Å². The SMILES string of the molecule is COC(=O)C(Cc1ccc(OCCO)cc1)NC(=O)C(N=[N+]=[N-])C(C)C. The van der Waals surface area contributed by atoms with Crippen molar-refractivity contribution in [3.63, 3.8) is 0 Å². The van der Waals surface area contributed by atoms with Crippen LogP contribution in [0.25, 0.3) is 10.4 Å². The van der Waals surface area contributed by atoms with Gasteiger partial charge in [0.15, 0.2) is 0 Å². The predicted octanol–water partition coefficient (Wildman–Crippen LogP) is 1.59. The first-order chi connectivity index (χ1) is 12.4. The van der Waals surface area contributed by atoms with E-state index in [2.05, 4.69) is 15.3 Å². The summed E-state index contributed by atoms with van der Waals surface area (Å²) in [5, 5.41) is 14.8. The van der Waals surface area contributed by atoms with Gasteiger partial charge < -0.3 is 19.9 Å². The fourth-order valence-electron chi connectivity index (χ4n) is 2.26. The van der Waals surface area contributed by atoms with Crippen molar-refractivity contribution in [3.8, 4) is 5.75 Å². The molecule has 26 heavy (non-hydrogen) atoms. The van der Waals surface area contributed by atoms with Crippen LogP contribution in [0.3, 0.4) is 0 Å². The van der Waals surface area contributed by atoms with E-state index in [1.165, 1.54) is 7.11 Å². The highest BCUT2D eigenvalue weighted by atomic mass is 16.5. The zero-order valence-corrected chi connectivity index (χ0v) is 15.1. The van der Waals surface area contributed by atoms with Crippen LogP contribution < -0.4 is 10.1 Å². The Labute approximate surface area is 151 Å². The van der Waals surface area contributed by atoms with Gasteiger partial charge in [-0.1, -0.05) is 31.1 Å². The molecule has 2 unspecified atom stereocenters. The summed E-state index contributed by atoms with van der Waals surface area (Å²) in [4.78, 5) is 27.0. The number of nitrogens with one attached hydrogen (secondary N) is 1. The molecule has 2 N–H and O–H groups in total. The summed E-state index contributed by atoms with van der Waals surface area (Å²) in [6.07, 6.45) is 0.208. The molecule has 9 nitrogen and oxygen atoms in total.